The molecule has 0 amide bonds. The van der Waals surface area contributed by atoms with Gasteiger partial charge in [0.05, 0.1) is 0 Å². The molecule has 0 aromatic rings. The fourth-order valence-corrected chi connectivity index (χ4v) is 11.1. The Morgan fingerprint density at radius 3 is 0.509 bits per heavy atom. The average molecular weight is 845 g/mol. The second kappa shape index (κ2) is 44.6. The molecule has 0 radical (unpaired) electrons. The fraction of sp³-hybridized carbons (Fsp3) is 1.00. The van der Waals surface area contributed by atoms with Crippen LogP contribution in [0.5, 0.6) is 0 Å². The summed E-state index contributed by atoms with van der Waals surface area (Å²) in [5.41, 5.74) is 0. The summed E-state index contributed by atoms with van der Waals surface area (Å²) in [5, 5.41) is 0. The molecule has 0 spiro atoms. The van der Waals surface area contributed by atoms with Gasteiger partial charge in [0.15, 0.2) is 0 Å². The van der Waals surface area contributed by atoms with Gasteiger partial charge in [-0.05, 0) is 0 Å². The van der Waals surface area contributed by atoms with Crippen molar-refractivity contribution in [3.05, 3.63) is 0 Å². The van der Waals surface area contributed by atoms with Crippen LogP contribution in [0, 0.1) is 23.7 Å². The molecule has 0 rings (SSSR count). The van der Waals surface area contributed by atoms with Gasteiger partial charge in [0.25, 0.3) is 0 Å². The van der Waals surface area contributed by atoms with Gasteiger partial charge < -0.3 is 0 Å². The first-order valence-electron chi connectivity index (χ1n) is 26.2. The minimum absolute atomic E-state index is 0.721. The van der Waals surface area contributed by atoms with Crippen molar-refractivity contribution in [1.29, 1.82) is 0 Å². The molecule has 0 aliphatic heterocycles. The number of rotatable bonds is 48. The van der Waals surface area contributed by atoms with Crippen molar-refractivity contribution in [2.45, 2.75) is 287 Å². The zero-order valence-corrected chi connectivity index (χ0v) is 42.3. The normalized spacial score (nSPS) is 12.4. The van der Waals surface area contributed by atoms with Crippen molar-refractivity contribution in [3.63, 3.8) is 0 Å². The van der Waals surface area contributed by atoms with Crippen LogP contribution in [0.4, 0.5) is 0 Å². The third kappa shape index (κ3) is 45.9. The molecule has 5 heteroatoms. The van der Waals surface area contributed by atoms with Gasteiger partial charge in [-0.1, -0.05) is 55.4 Å². The Balaban J connectivity index is 4.95. The van der Waals surface area contributed by atoms with Gasteiger partial charge in [-0.25, -0.2) is 0 Å². The van der Waals surface area contributed by atoms with Crippen LogP contribution in [0.3, 0.4) is 0 Å². The molecular formula is C52H108O4Ti. The zero-order chi connectivity index (χ0) is 41.9. The summed E-state index contributed by atoms with van der Waals surface area (Å²) in [6.45, 7) is 21.6. The van der Waals surface area contributed by atoms with Crippen LogP contribution in [-0.2, 0) is 31.4 Å². The Labute approximate surface area is 366 Å². The van der Waals surface area contributed by atoms with Crippen molar-refractivity contribution in [2.24, 2.45) is 23.7 Å². The predicted molar refractivity (Wildman–Crippen MR) is 249 cm³/mol. The summed E-state index contributed by atoms with van der Waals surface area (Å²) in [6, 6.07) is 0. The van der Waals surface area contributed by atoms with Gasteiger partial charge in [0.2, 0.25) is 0 Å². The second-order valence-electron chi connectivity index (χ2n) is 19.9. The van der Waals surface area contributed by atoms with Crippen molar-refractivity contribution < 1.29 is 31.4 Å². The van der Waals surface area contributed by atoms with Crippen LogP contribution < -0.4 is 0 Å². The summed E-state index contributed by atoms with van der Waals surface area (Å²) in [5.74, 6) is 3.37. The van der Waals surface area contributed by atoms with E-state index >= 15 is 0 Å². The number of unbranched alkanes of at least 4 members (excludes halogenated alkanes) is 28. The van der Waals surface area contributed by atoms with Crippen molar-refractivity contribution in [1.82, 2.24) is 0 Å². The van der Waals surface area contributed by atoms with E-state index in [9.17, 15) is 0 Å². The third-order valence-electron chi connectivity index (χ3n) is 11.8. The smallest absolute Gasteiger partial charge is 0.0628 e. The van der Waals surface area contributed by atoms with E-state index < -0.39 is 18.1 Å². The Hall–Kier alpha value is 0.554. The minimum Gasteiger partial charge on any atom is -0.0628 e. The van der Waals surface area contributed by atoms with E-state index in [1.54, 1.807) is 0 Å². The first-order chi connectivity index (χ1) is 27.7. The van der Waals surface area contributed by atoms with E-state index in [1.165, 1.54) is 205 Å². The molecule has 57 heavy (non-hydrogen) atoms. The van der Waals surface area contributed by atoms with Crippen LogP contribution in [0.15, 0.2) is 0 Å². The van der Waals surface area contributed by atoms with Gasteiger partial charge in [-0.15, -0.1) is 0 Å². The SMILES string of the molecule is CC(C)CCCCCCCCCC[O][Ti]([O]CCCCCCCCCCC(C)C)([O]CCCCCCCCCCC(C)C)[O]CCCCCCCCCCC(C)C. The molecule has 0 saturated heterocycles. The second-order valence-corrected chi connectivity index (χ2v) is 23.3. The van der Waals surface area contributed by atoms with Crippen LogP contribution in [0.25, 0.3) is 0 Å². The van der Waals surface area contributed by atoms with E-state index in [2.05, 4.69) is 55.4 Å². The summed E-state index contributed by atoms with van der Waals surface area (Å²) in [6.07, 6.45) is 47.7. The fourth-order valence-electron chi connectivity index (χ4n) is 7.90. The molecule has 0 heterocycles. The van der Waals surface area contributed by atoms with E-state index in [-0.39, 0.29) is 0 Å². The first kappa shape index (κ1) is 57.6. The molecule has 0 N–H and O–H groups in total. The van der Waals surface area contributed by atoms with Crippen LogP contribution in [0.2, 0.25) is 0 Å². The summed E-state index contributed by atoms with van der Waals surface area (Å²) < 4.78 is 26.9. The zero-order valence-electron chi connectivity index (χ0n) is 40.7. The van der Waals surface area contributed by atoms with Crippen LogP contribution >= 0.6 is 0 Å². The predicted octanol–water partition coefficient (Wildman–Crippen LogP) is 18.5. The third-order valence-corrected chi connectivity index (χ3v) is 15.3. The van der Waals surface area contributed by atoms with E-state index in [0.29, 0.717) is 0 Å². The Bertz CT molecular complexity index is 631. The molecule has 0 aliphatic rings. The molecular weight excluding hydrogens is 736 g/mol. The molecule has 0 aromatic heterocycles. The average Bonchev–Trinajstić information content (AvgIpc) is 3.16. The summed E-state index contributed by atoms with van der Waals surface area (Å²) >= 11 is -3.84. The maximum atomic E-state index is 6.73. The van der Waals surface area contributed by atoms with Gasteiger partial charge in [-0.2, -0.15) is 0 Å². The van der Waals surface area contributed by atoms with Crippen molar-refractivity contribution in [2.75, 3.05) is 26.4 Å². The van der Waals surface area contributed by atoms with Gasteiger partial charge in [-0.3, -0.25) is 0 Å². The number of hydrogen-bond donors (Lipinski definition) is 0. The molecule has 0 saturated carbocycles. The molecule has 0 unspecified atom stereocenters. The summed E-state index contributed by atoms with van der Waals surface area (Å²) in [4.78, 5) is 0. The van der Waals surface area contributed by atoms with Crippen LogP contribution in [0.1, 0.15) is 287 Å². The molecule has 344 valence electrons. The Morgan fingerprint density at radius 2 is 0.351 bits per heavy atom. The van der Waals surface area contributed by atoms with Crippen molar-refractivity contribution >= 4 is 0 Å². The Kier molecular flexibility index (Phi) is 45.0. The van der Waals surface area contributed by atoms with E-state index in [1.807, 2.05) is 0 Å². The Morgan fingerprint density at radius 1 is 0.211 bits per heavy atom. The summed E-state index contributed by atoms with van der Waals surface area (Å²) in [7, 11) is 0. The topological polar surface area (TPSA) is 36.9 Å². The molecule has 0 aliphatic carbocycles. The molecule has 0 aromatic carbocycles. The monoisotopic (exact) mass is 845 g/mol. The van der Waals surface area contributed by atoms with Gasteiger partial charge in [0.1, 0.15) is 0 Å². The van der Waals surface area contributed by atoms with E-state index in [4.69, 9.17) is 13.3 Å². The number of hydrogen-bond acceptors (Lipinski definition) is 4. The quantitative estimate of drug-likeness (QED) is 0.0452. The molecule has 4 nitrogen and oxygen atoms in total. The van der Waals surface area contributed by atoms with Crippen molar-refractivity contribution in [3.8, 4) is 0 Å². The van der Waals surface area contributed by atoms with Crippen LogP contribution in [-0.4, -0.2) is 26.4 Å². The molecule has 0 bridgehead atoms. The molecule has 0 atom stereocenters. The van der Waals surface area contributed by atoms with Gasteiger partial charge in [0, 0.05) is 0 Å². The first-order valence-corrected chi connectivity index (χ1v) is 28.8. The standard InChI is InChI=1S/4C13H27O.Ti/c4*1-13(2)11-9-7-5-3-4-6-8-10-12-14;/h4*13H,3-12H2,1-2H3;/q4*-1;+4. The minimum atomic E-state index is -3.84. The maximum absolute atomic E-state index is 6.73. The molecule has 0 fully saturated rings. The van der Waals surface area contributed by atoms with E-state index in [0.717, 1.165) is 75.8 Å². The van der Waals surface area contributed by atoms with Gasteiger partial charge >= 0.3 is 313 Å².